The fourth-order valence-corrected chi connectivity index (χ4v) is 3.95. The van der Waals surface area contributed by atoms with E-state index in [2.05, 4.69) is 15.5 Å². The molecule has 2 heterocycles. The minimum atomic E-state index is -0.595. The molecule has 1 fully saturated rings. The number of benzene rings is 1. The predicted molar refractivity (Wildman–Crippen MR) is 96.1 cm³/mol. The Morgan fingerprint density at radius 2 is 1.88 bits per heavy atom. The van der Waals surface area contributed by atoms with Crippen LogP contribution in [0.3, 0.4) is 0 Å². The monoisotopic (exact) mass is 352 g/mol. The molecular weight excluding hydrogens is 331 g/mol. The van der Waals surface area contributed by atoms with Crippen molar-refractivity contribution < 1.29 is 9.18 Å². The molecule has 1 amide bonds. The first-order chi connectivity index (χ1) is 12.6. The smallest absolute Gasteiger partial charge is 0.231 e. The minimum absolute atomic E-state index is 0.0261. The van der Waals surface area contributed by atoms with Crippen molar-refractivity contribution in [1.82, 2.24) is 19.9 Å². The van der Waals surface area contributed by atoms with Crippen LogP contribution in [0, 0.1) is 5.82 Å². The molecule has 1 saturated carbocycles. The molecule has 1 aliphatic carbocycles. The van der Waals surface area contributed by atoms with E-state index in [9.17, 15) is 9.18 Å². The molecule has 26 heavy (non-hydrogen) atoms. The van der Waals surface area contributed by atoms with Gasteiger partial charge in [-0.15, -0.1) is 10.2 Å². The summed E-state index contributed by atoms with van der Waals surface area (Å²) in [6.07, 6.45) is 5.42. The van der Waals surface area contributed by atoms with E-state index >= 15 is 0 Å². The Balaban J connectivity index is 1.62. The maximum absolute atomic E-state index is 13.3. The average molecular weight is 352 g/mol. The Morgan fingerprint density at radius 3 is 2.62 bits per heavy atom. The molecule has 5 nitrogen and oxygen atoms in total. The molecule has 0 saturated heterocycles. The van der Waals surface area contributed by atoms with Crippen molar-refractivity contribution in [2.75, 3.05) is 0 Å². The summed E-state index contributed by atoms with van der Waals surface area (Å²) in [7, 11) is 0. The van der Waals surface area contributed by atoms with Gasteiger partial charge < -0.3 is 5.32 Å². The summed E-state index contributed by atoms with van der Waals surface area (Å²) in [6, 6.07) is 11.7. The van der Waals surface area contributed by atoms with Crippen LogP contribution in [-0.2, 0) is 10.2 Å². The standard InChI is InChI=1S/C20H21FN4O/c1-14(18-24-23-17-6-2-5-13-25(17)18)22-19(26)20(11-3-4-12-20)15-7-9-16(21)10-8-15/h2,5-10,13-14H,3-4,11-12H2,1H3,(H,22,26)/t14-/m1/s1. The Labute approximate surface area is 151 Å². The van der Waals surface area contributed by atoms with Crippen molar-refractivity contribution in [2.45, 2.75) is 44.1 Å². The first-order valence-corrected chi connectivity index (χ1v) is 8.97. The molecule has 0 bridgehead atoms. The highest BCUT2D eigenvalue weighted by atomic mass is 19.1. The van der Waals surface area contributed by atoms with Crippen molar-refractivity contribution in [3.8, 4) is 0 Å². The Morgan fingerprint density at radius 1 is 1.15 bits per heavy atom. The van der Waals surface area contributed by atoms with Crippen molar-refractivity contribution in [1.29, 1.82) is 0 Å². The van der Waals surface area contributed by atoms with Crippen LogP contribution < -0.4 is 5.32 Å². The lowest BCUT2D eigenvalue weighted by atomic mass is 9.78. The lowest BCUT2D eigenvalue weighted by Gasteiger charge is -2.29. The zero-order chi connectivity index (χ0) is 18.1. The van der Waals surface area contributed by atoms with Crippen LogP contribution in [0.5, 0.6) is 0 Å². The van der Waals surface area contributed by atoms with Gasteiger partial charge in [-0.1, -0.05) is 31.0 Å². The van der Waals surface area contributed by atoms with E-state index in [0.29, 0.717) is 5.82 Å². The highest BCUT2D eigenvalue weighted by Crippen LogP contribution is 2.41. The second-order valence-electron chi connectivity index (χ2n) is 6.98. The molecule has 134 valence electrons. The van der Waals surface area contributed by atoms with Gasteiger partial charge >= 0.3 is 0 Å². The van der Waals surface area contributed by atoms with E-state index in [4.69, 9.17) is 0 Å². The number of halogens is 1. The number of amides is 1. The molecule has 3 aromatic rings. The fraction of sp³-hybridized carbons (Fsp3) is 0.350. The van der Waals surface area contributed by atoms with Crippen LogP contribution in [0.15, 0.2) is 48.7 Å². The number of pyridine rings is 1. The largest absolute Gasteiger partial charge is 0.346 e. The molecule has 1 N–H and O–H groups in total. The summed E-state index contributed by atoms with van der Waals surface area (Å²) < 4.78 is 15.2. The van der Waals surface area contributed by atoms with Gasteiger partial charge in [-0.3, -0.25) is 9.20 Å². The maximum Gasteiger partial charge on any atom is 0.231 e. The zero-order valence-electron chi connectivity index (χ0n) is 14.7. The number of aromatic nitrogens is 3. The Hall–Kier alpha value is -2.76. The molecule has 6 heteroatoms. The quantitative estimate of drug-likeness (QED) is 0.781. The third-order valence-electron chi connectivity index (χ3n) is 5.36. The number of nitrogens with zero attached hydrogens (tertiary/aromatic N) is 3. The second kappa shape index (κ2) is 6.52. The highest BCUT2D eigenvalue weighted by Gasteiger charge is 2.43. The number of rotatable bonds is 4. The van der Waals surface area contributed by atoms with Crippen molar-refractivity contribution in [3.63, 3.8) is 0 Å². The van der Waals surface area contributed by atoms with Crippen LogP contribution >= 0.6 is 0 Å². The molecule has 0 aliphatic heterocycles. The second-order valence-corrected chi connectivity index (χ2v) is 6.98. The normalized spacial score (nSPS) is 17.3. The summed E-state index contributed by atoms with van der Waals surface area (Å²) in [5, 5.41) is 11.5. The molecule has 0 unspecified atom stereocenters. The first-order valence-electron chi connectivity index (χ1n) is 8.97. The molecular formula is C20H21FN4O. The zero-order valence-corrected chi connectivity index (χ0v) is 14.7. The number of carbonyl (C=O) groups is 1. The summed E-state index contributed by atoms with van der Waals surface area (Å²) in [4.78, 5) is 13.2. The molecule has 1 aliphatic rings. The van der Waals surface area contributed by atoms with Crippen molar-refractivity contribution in [3.05, 3.63) is 65.9 Å². The maximum atomic E-state index is 13.3. The lowest BCUT2D eigenvalue weighted by molar-refractivity contribution is -0.127. The van der Waals surface area contributed by atoms with E-state index in [1.54, 1.807) is 12.1 Å². The molecule has 0 spiro atoms. The van der Waals surface area contributed by atoms with Crippen molar-refractivity contribution >= 4 is 11.6 Å². The Bertz CT molecular complexity index is 928. The third kappa shape index (κ3) is 2.75. The third-order valence-corrected chi connectivity index (χ3v) is 5.36. The summed E-state index contributed by atoms with van der Waals surface area (Å²) in [6.45, 7) is 1.91. The Kier molecular flexibility index (Phi) is 4.18. The van der Waals surface area contributed by atoms with Crippen LogP contribution in [0.1, 0.15) is 50.0 Å². The van der Waals surface area contributed by atoms with Crippen LogP contribution in [0.2, 0.25) is 0 Å². The van der Waals surface area contributed by atoms with E-state index < -0.39 is 5.41 Å². The average Bonchev–Trinajstić information content (AvgIpc) is 3.30. The minimum Gasteiger partial charge on any atom is -0.346 e. The first kappa shape index (κ1) is 16.7. The summed E-state index contributed by atoms with van der Waals surface area (Å²) >= 11 is 0. The van der Waals surface area contributed by atoms with Gasteiger partial charge in [0.2, 0.25) is 5.91 Å². The highest BCUT2D eigenvalue weighted by molar-refractivity contribution is 5.88. The van der Waals surface area contributed by atoms with Gasteiger partial charge in [0.25, 0.3) is 0 Å². The van der Waals surface area contributed by atoms with Crippen LogP contribution in [-0.4, -0.2) is 20.5 Å². The van der Waals surface area contributed by atoms with Crippen molar-refractivity contribution in [2.24, 2.45) is 0 Å². The molecule has 4 rings (SSSR count). The number of nitrogens with one attached hydrogen (secondary N) is 1. The van der Waals surface area contributed by atoms with Gasteiger partial charge in [-0.25, -0.2) is 4.39 Å². The van der Waals surface area contributed by atoms with Gasteiger partial charge in [0.05, 0.1) is 11.5 Å². The number of hydrogen-bond acceptors (Lipinski definition) is 3. The van der Waals surface area contributed by atoms with Crippen LogP contribution in [0.25, 0.3) is 5.65 Å². The molecule has 1 aromatic carbocycles. The fourth-order valence-electron chi connectivity index (χ4n) is 3.95. The van der Waals surface area contributed by atoms with Gasteiger partial charge in [-0.05, 0) is 49.6 Å². The van der Waals surface area contributed by atoms with E-state index in [0.717, 1.165) is 36.9 Å². The van der Waals surface area contributed by atoms with E-state index in [1.165, 1.54) is 12.1 Å². The predicted octanol–water partition coefficient (Wildman–Crippen LogP) is 3.56. The van der Waals surface area contributed by atoms with E-state index in [-0.39, 0.29) is 17.8 Å². The molecule has 0 radical (unpaired) electrons. The lowest BCUT2D eigenvalue weighted by Crippen LogP contribution is -2.43. The van der Waals surface area contributed by atoms with E-state index in [1.807, 2.05) is 35.7 Å². The van der Waals surface area contributed by atoms with Gasteiger partial charge in [0, 0.05) is 6.20 Å². The summed E-state index contributed by atoms with van der Waals surface area (Å²) in [5.41, 5.74) is 1.03. The molecule has 1 atom stereocenters. The molecule has 2 aromatic heterocycles. The number of hydrogen-bond donors (Lipinski definition) is 1. The topological polar surface area (TPSA) is 59.3 Å². The number of carbonyl (C=O) groups excluding carboxylic acids is 1. The summed E-state index contributed by atoms with van der Waals surface area (Å²) in [5.74, 6) is 0.383. The van der Waals surface area contributed by atoms with Gasteiger partial charge in [-0.2, -0.15) is 0 Å². The number of fused-ring (bicyclic) bond motifs is 1. The van der Waals surface area contributed by atoms with Crippen LogP contribution in [0.4, 0.5) is 4.39 Å². The van der Waals surface area contributed by atoms with Gasteiger partial charge in [0.1, 0.15) is 5.82 Å². The SMILES string of the molecule is C[C@@H](NC(=O)C1(c2ccc(F)cc2)CCCC1)c1nnc2ccccn12. The van der Waals surface area contributed by atoms with Gasteiger partial charge in [0.15, 0.2) is 11.5 Å².